The van der Waals surface area contributed by atoms with Crippen LogP contribution in [-0.2, 0) is 16.8 Å². The highest BCUT2D eigenvalue weighted by Gasteiger charge is 2.38. The van der Waals surface area contributed by atoms with Gasteiger partial charge < -0.3 is 5.32 Å². The fraction of sp³-hybridized carbons (Fsp3) is 0.462. The van der Waals surface area contributed by atoms with Gasteiger partial charge in [-0.25, -0.2) is 0 Å². The van der Waals surface area contributed by atoms with Crippen LogP contribution >= 0.6 is 0 Å². The van der Waals surface area contributed by atoms with Gasteiger partial charge in [0.1, 0.15) is 0 Å². The average molecular weight is 259 g/mol. The summed E-state index contributed by atoms with van der Waals surface area (Å²) in [4.78, 5) is 10.6. The summed E-state index contributed by atoms with van der Waals surface area (Å²) >= 11 is 0. The molecule has 18 heavy (non-hydrogen) atoms. The van der Waals surface area contributed by atoms with Crippen molar-refractivity contribution < 1.29 is 18.0 Å². The van der Waals surface area contributed by atoms with E-state index in [1.165, 1.54) is 0 Å². The van der Waals surface area contributed by atoms with E-state index in [-0.39, 0.29) is 12.0 Å². The third-order valence-electron chi connectivity index (χ3n) is 2.53. The Balaban J connectivity index is 2.63. The Morgan fingerprint density at radius 2 is 1.61 bits per heavy atom. The molecule has 0 heterocycles. The van der Waals surface area contributed by atoms with E-state index in [2.05, 4.69) is 0 Å². The molecule has 0 aromatic heterocycles. The van der Waals surface area contributed by atoms with Crippen LogP contribution in [0.15, 0.2) is 24.3 Å². The van der Waals surface area contributed by atoms with Gasteiger partial charge in [0, 0.05) is 6.54 Å². The lowest BCUT2D eigenvalue weighted by molar-refractivity contribution is -0.173. The Kier molecular flexibility index (Phi) is 4.04. The van der Waals surface area contributed by atoms with Gasteiger partial charge in [-0.3, -0.25) is 4.79 Å². The van der Waals surface area contributed by atoms with Gasteiger partial charge in [0.2, 0.25) is 0 Å². The molecule has 0 atom stereocenters. The van der Waals surface area contributed by atoms with Gasteiger partial charge in [-0.1, -0.05) is 45.0 Å². The first-order chi connectivity index (χ1) is 8.10. The van der Waals surface area contributed by atoms with E-state index in [1.54, 1.807) is 12.1 Å². The van der Waals surface area contributed by atoms with Gasteiger partial charge in [0.25, 0.3) is 0 Å². The van der Waals surface area contributed by atoms with E-state index in [9.17, 15) is 18.0 Å². The molecule has 0 spiro atoms. The largest absolute Gasteiger partial charge is 0.471 e. The van der Waals surface area contributed by atoms with Gasteiger partial charge in [-0.15, -0.1) is 0 Å². The normalized spacial score (nSPS) is 12.3. The summed E-state index contributed by atoms with van der Waals surface area (Å²) in [5.41, 5.74) is 1.72. The van der Waals surface area contributed by atoms with E-state index in [4.69, 9.17) is 0 Å². The van der Waals surface area contributed by atoms with E-state index < -0.39 is 12.1 Å². The molecule has 0 aliphatic carbocycles. The summed E-state index contributed by atoms with van der Waals surface area (Å²) in [6.45, 7) is 6.02. The summed E-state index contributed by atoms with van der Waals surface area (Å²) in [7, 11) is 0. The van der Waals surface area contributed by atoms with Crippen molar-refractivity contribution in [1.82, 2.24) is 5.32 Å². The summed E-state index contributed by atoms with van der Waals surface area (Å²) < 4.78 is 35.9. The number of alkyl halides is 3. The summed E-state index contributed by atoms with van der Waals surface area (Å²) in [5.74, 6) is -1.91. The standard InChI is InChI=1S/C13H16F3NO/c1-12(2,3)10-6-4-9(5-7-10)8-17-11(18)13(14,15)16/h4-7H,8H2,1-3H3,(H,17,18). The van der Waals surface area contributed by atoms with E-state index >= 15 is 0 Å². The molecule has 1 amide bonds. The van der Waals surface area contributed by atoms with Crippen molar-refractivity contribution in [1.29, 1.82) is 0 Å². The maximum atomic E-state index is 12.0. The number of rotatable bonds is 2. The minimum Gasteiger partial charge on any atom is -0.344 e. The number of carbonyl (C=O) groups excluding carboxylic acids is 1. The maximum absolute atomic E-state index is 12.0. The Labute approximate surface area is 104 Å². The quantitative estimate of drug-likeness (QED) is 0.868. The molecule has 0 aliphatic heterocycles. The SMILES string of the molecule is CC(C)(C)c1ccc(CNC(=O)C(F)(F)F)cc1. The molecule has 0 radical (unpaired) electrons. The molecule has 0 unspecified atom stereocenters. The molecule has 0 bridgehead atoms. The Hall–Kier alpha value is -1.52. The van der Waals surface area contributed by atoms with Gasteiger partial charge in [-0.05, 0) is 16.5 Å². The van der Waals surface area contributed by atoms with Crippen molar-refractivity contribution >= 4 is 5.91 Å². The molecule has 100 valence electrons. The molecule has 1 N–H and O–H groups in total. The van der Waals surface area contributed by atoms with Crippen molar-refractivity contribution in [3.05, 3.63) is 35.4 Å². The van der Waals surface area contributed by atoms with Crippen LogP contribution in [0.5, 0.6) is 0 Å². The van der Waals surface area contributed by atoms with Crippen LogP contribution < -0.4 is 5.32 Å². The number of amides is 1. The number of hydrogen-bond acceptors (Lipinski definition) is 1. The van der Waals surface area contributed by atoms with Crippen LogP contribution in [-0.4, -0.2) is 12.1 Å². The van der Waals surface area contributed by atoms with Crippen LogP contribution in [0.4, 0.5) is 13.2 Å². The van der Waals surface area contributed by atoms with Crippen molar-refractivity contribution in [3.8, 4) is 0 Å². The fourth-order valence-electron chi connectivity index (χ4n) is 1.41. The molecule has 0 saturated carbocycles. The summed E-state index contributed by atoms with van der Waals surface area (Å²) in [5, 5.41) is 1.83. The fourth-order valence-corrected chi connectivity index (χ4v) is 1.41. The van der Waals surface area contributed by atoms with Crippen molar-refractivity contribution in [2.24, 2.45) is 0 Å². The predicted octanol–water partition coefficient (Wildman–Crippen LogP) is 3.16. The lowest BCUT2D eigenvalue weighted by Crippen LogP contribution is -2.36. The van der Waals surface area contributed by atoms with Gasteiger partial charge in [0.15, 0.2) is 0 Å². The first-order valence-corrected chi connectivity index (χ1v) is 5.55. The van der Waals surface area contributed by atoms with Gasteiger partial charge in [-0.2, -0.15) is 13.2 Å². The zero-order chi connectivity index (χ0) is 14.0. The number of hydrogen-bond donors (Lipinski definition) is 1. The molecule has 1 aromatic rings. The molecule has 5 heteroatoms. The molecule has 0 aliphatic rings. The molecule has 1 rings (SSSR count). The van der Waals surface area contributed by atoms with Crippen LogP contribution in [0.2, 0.25) is 0 Å². The molecule has 0 saturated heterocycles. The first kappa shape index (κ1) is 14.5. The number of carbonyl (C=O) groups is 1. The molecule has 2 nitrogen and oxygen atoms in total. The average Bonchev–Trinajstić information content (AvgIpc) is 2.24. The van der Waals surface area contributed by atoms with Crippen molar-refractivity contribution in [2.45, 2.75) is 38.9 Å². The molecular formula is C13H16F3NO. The second-order valence-electron chi connectivity index (χ2n) is 5.13. The lowest BCUT2D eigenvalue weighted by Gasteiger charge is -2.19. The second kappa shape index (κ2) is 5.00. The van der Waals surface area contributed by atoms with Crippen LogP contribution in [0.3, 0.4) is 0 Å². The van der Waals surface area contributed by atoms with Crippen molar-refractivity contribution in [3.63, 3.8) is 0 Å². The minimum atomic E-state index is -4.83. The first-order valence-electron chi connectivity index (χ1n) is 5.55. The van der Waals surface area contributed by atoms with Crippen molar-refractivity contribution in [2.75, 3.05) is 0 Å². The Morgan fingerprint density at radius 1 is 1.11 bits per heavy atom. The zero-order valence-corrected chi connectivity index (χ0v) is 10.6. The predicted molar refractivity (Wildman–Crippen MR) is 63.0 cm³/mol. The van der Waals surface area contributed by atoms with E-state index in [0.717, 1.165) is 5.56 Å². The van der Waals surface area contributed by atoms with Crippen LogP contribution in [0.1, 0.15) is 31.9 Å². The summed E-state index contributed by atoms with van der Waals surface area (Å²) in [6.07, 6.45) is -4.83. The summed E-state index contributed by atoms with van der Waals surface area (Å²) in [6, 6.07) is 7.15. The van der Waals surface area contributed by atoms with Gasteiger partial charge in [0.05, 0.1) is 0 Å². The zero-order valence-electron chi connectivity index (χ0n) is 10.6. The number of halogens is 3. The highest BCUT2D eigenvalue weighted by Crippen LogP contribution is 2.22. The number of nitrogens with one attached hydrogen (secondary N) is 1. The molecule has 0 fully saturated rings. The van der Waals surface area contributed by atoms with Crippen LogP contribution in [0.25, 0.3) is 0 Å². The Bertz CT molecular complexity index is 415. The third-order valence-corrected chi connectivity index (χ3v) is 2.53. The number of benzene rings is 1. The van der Waals surface area contributed by atoms with E-state index in [0.29, 0.717) is 5.56 Å². The van der Waals surface area contributed by atoms with Gasteiger partial charge >= 0.3 is 12.1 Å². The minimum absolute atomic E-state index is 0.00620. The monoisotopic (exact) mass is 259 g/mol. The van der Waals surface area contributed by atoms with Crippen LogP contribution in [0, 0.1) is 0 Å². The second-order valence-corrected chi connectivity index (χ2v) is 5.13. The molecule has 1 aromatic carbocycles. The smallest absolute Gasteiger partial charge is 0.344 e. The Morgan fingerprint density at radius 3 is 2.00 bits per heavy atom. The molecular weight excluding hydrogens is 243 g/mol. The highest BCUT2D eigenvalue weighted by molar-refractivity contribution is 5.81. The van der Waals surface area contributed by atoms with E-state index in [1.807, 2.05) is 38.2 Å². The topological polar surface area (TPSA) is 29.1 Å². The lowest BCUT2D eigenvalue weighted by atomic mass is 9.87. The third kappa shape index (κ3) is 4.05. The highest BCUT2D eigenvalue weighted by atomic mass is 19.4. The maximum Gasteiger partial charge on any atom is 0.471 e.